The van der Waals surface area contributed by atoms with Crippen molar-refractivity contribution in [1.82, 2.24) is 15.0 Å². The lowest BCUT2D eigenvalue weighted by atomic mass is 10.0. The molecule has 4 heteroatoms. The molecule has 0 fully saturated rings. The van der Waals surface area contributed by atoms with Gasteiger partial charge in [-0.15, -0.1) is 0 Å². The van der Waals surface area contributed by atoms with E-state index in [0.717, 1.165) is 32.5 Å². The van der Waals surface area contributed by atoms with Crippen molar-refractivity contribution < 1.29 is 0 Å². The zero-order valence-electron chi connectivity index (χ0n) is 11.3. The largest absolute Gasteiger partial charge is 0.264 e. The topological polar surface area (TPSA) is 38.7 Å². The van der Waals surface area contributed by atoms with Crippen LogP contribution in [0.1, 0.15) is 25.6 Å². The van der Waals surface area contributed by atoms with E-state index in [2.05, 4.69) is 51.9 Å². The van der Waals surface area contributed by atoms with Gasteiger partial charge >= 0.3 is 0 Å². The van der Waals surface area contributed by atoms with E-state index in [1.54, 1.807) is 0 Å². The van der Waals surface area contributed by atoms with Crippen LogP contribution in [0.4, 0.5) is 0 Å². The number of pyridine rings is 1. The van der Waals surface area contributed by atoms with Gasteiger partial charge in [-0.2, -0.15) is 0 Å². The Balaban J connectivity index is 2.25. The van der Waals surface area contributed by atoms with Crippen molar-refractivity contribution in [3.05, 3.63) is 53.2 Å². The summed E-state index contributed by atoms with van der Waals surface area (Å²) in [6, 6.07) is 10.2. The van der Waals surface area contributed by atoms with Crippen molar-refractivity contribution in [2.24, 2.45) is 0 Å². The highest BCUT2D eigenvalue weighted by molar-refractivity contribution is 9.10. The molecule has 2 heterocycles. The highest BCUT2D eigenvalue weighted by Gasteiger charge is 2.10. The lowest BCUT2D eigenvalue weighted by Gasteiger charge is -2.10. The average Bonchev–Trinajstić information content (AvgIpc) is 2.46. The van der Waals surface area contributed by atoms with Gasteiger partial charge in [0.15, 0.2) is 0 Å². The van der Waals surface area contributed by atoms with E-state index in [9.17, 15) is 0 Å². The Hall–Kier alpha value is -1.81. The third kappa shape index (κ3) is 2.43. The monoisotopic (exact) mass is 327 g/mol. The first-order valence-corrected chi connectivity index (χ1v) is 7.32. The summed E-state index contributed by atoms with van der Waals surface area (Å²) in [6.07, 6.45) is 3.68. The minimum atomic E-state index is 0.294. The molecule has 0 radical (unpaired) electrons. The molecule has 1 aromatic carbocycles. The van der Waals surface area contributed by atoms with Gasteiger partial charge in [0.2, 0.25) is 0 Å². The zero-order chi connectivity index (χ0) is 14.1. The third-order valence-electron chi connectivity index (χ3n) is 3.19. The SMILES string of the molecule is CC(C)c1nc(Br)cc(-c2cccc3cnccc23)n1. The van der Waals surface area contributed by atoms with Crippen LogP contribution in [0.15, 0.2) is 47.3 Å². The zero-order valence-corrected chi connectivity index (χ0v) is 12.9. The molecule has 0 bridgehead atoms. The van der Waals surface area contributed by atoms with Crippen LogP contribution in [0.5, 0.6) is 0 Å². The van der Waals surface area contributed by atoms with Crippen molar-refractivity contribution in [3.63, 3.8) is 0 Å². The molecule has 0 unspecified atom stereocenters. The van der Waals surface area contributed by atoms with E-state index in [1.165, 1.54) is 0 Å². The van der Waals surface area contributed by atoms with Crippen LogP contribution >= 0.6 is 15.9 Å². The first-order valence-electron chi connectivity index (χ1n) is 6.53. The molecule has 20 heavy (non-hydrogen) atoms. The predicted octanol–water partition coefficient (Wildman–Crippen LogP) is 4.58. The van der Waals surface area contributed by atoms with E-state index >= 15 is 0 Å². The molecule has 0 saturated carbocycles. The summed E-state index contributed by atoms with van der Waals surface area (Å²) in [5.74, 6) is 1.14. The summed E-state index contributed by atoms with van der Waals surface area (Å²) >= 11 is 3.48. The molecule has 0 saturated heterocycles. The summed E-state index contributed by atoms with van der Waals surface area (Å²) in [5, 5.41) is 2.27. The molecular weight excluding hydrogens is 314 g/mol. The minimum absolute atomic E-state index is 0.294. The molecule has 3 nitrogen and oxygen atoms in total. The maximum absolute atomic E-state index is 4.69. The summed E-state index contributed by atoms with van der Waals surface area (Å²) < 4.78 is 0.817. The molecule has 3 rings (SSSR count). The van der Waals surface area contributed by atoms with Gasteiger partial charge in [-0.3, -0.25) is 4.98 Å². The Labute approximate surface area is 126 Å². The van der Waals surface area contributed by atoms with Crippen LogP contribution in [0.3, 0.4) is 0 Å². The first kappa shape index (κ1) is 13.2. The Morgan fingerprint density at radius 3 is 2.75 bits per heavy atom. The quantitative estimate of drug-likeness (QED) is 0.647. The van der Waals surface area contributed by atoms with Gasteiger partial charge in [-0.25, -0.2) is 9.97 Å². The number of hydrogen-bond donors (Lipinski definition) is 0. The molecule has 0 aliphatic rings. The van der Waals surface area contributed by atoms with Gasteiger partial charge in [0.1, 0.15) is 10.4 Å². The van der Waals surface area contributed by atoms with Crippen molar-refractivity contribution in [1.29, 1.82) is 0 Å². The average molecular weight is 328 g/mol. The standard InChI is InChI=1S/C16H14BrN3/c1-10(2)16-19-14(8-15(17)20-16)13-5-3-4-11-9-18-7-6-12(11)13/h3-10H,1-2H3. The van der Waals surface area contributed by atoms with E-state index in [1.807, 2.05) is 30.6 Å². The minimum Gasteiger partial charge on any atom is -0.264 e. The fraction of sp³-hybridized carbons (Fsp3) is 0.188. The highest BCUT2D eigenvalue weighted by Crippen LogP contribution is 2.29. The van der Waals surface area contributed by atoms with Crippen molar-refractivity contribution >= 4 is 26.7 Å². The van der Waals surface area contributed by atoms with Crippen molar-refractivity contribution in [2.75, 3.05) is 0 Å². The molecule has 0 aliphatic carbocycles. The van der Waals surface area contributed by atoms with Crippen LogP contribution < -0.4 is 0 Å². The van der Waals surface area contributed by atoms with Crippen molar-refractivity contribution in [2.45, 2.75) is 19.8 Å². The second kappa shape index (κ2) is 5.29. The van der Waals surface area contributed by atoms with Crippen LogP contribution in [0, 0.1) is 0 Å². The third-order valence-corrected chi connectivity index (χ3v) is 3.59. The van der Waals surface area contributed by atoms with Gasteiger partial charge < -0.3 is 0 Å². The van der Waals surface area contributed by atoms with Crippen LogP contribution in [0.25, 0.3) is 22.0 Å². The summed E-state index contributed by atoms with van der Waals surface area (Å²) in [6.45, 7) is 4.19. The lowest BCUT2D eigenvalue weighted by molar-refractivity contribution is 0.771. The Kier molecular flexibility index (Phi) is 3.49. The van der Waals surface area contributed by atoms with Crippen LogP contribution in [0.2, 0.25) is 0 Å². The number of aromatic nitrogens is 3. The lowest BCUT2D eigenvalue weighted by Crippen LogP contribution is -1.99. The number of halogens is 1. The molecule has 0 aliphatic heterocycles. The second-order valence-electron chi connectivity index (χ2n) is 4.99. The van der Waals surface area contributed by atoms with Crippen LogP contribution in [-0.2, 0) is 0 Å². The highest BCUT2D eigenvalue weighted by atomic mass is 79.9. The fourth-order valence-electron chi connectivity index (χ4n) is 2.18. The summed E-state index contributed by atoms with van der Waals surface area (Å²) in [5.41, 5.74) is 2.04. The molecule has 2 aromatic heterocycles. The maximum atomic E-state index is 4.69. The molecular formula is C16H14BrN3. The van der Waals surface area contributed by atoms with Gasteiger partial charge in [0, 0.05) is 29.3 Å². The van der Waals surface area contributed by atoms with Gasteiger partial charge in [-0.1, -0.05) is 32.0 Å². The van der Waals surface area contributed by atoms with Gasteiger partial charge in [-0.05, 0) is 33.4 Å². The Bertz CT molecular complexity index is 763. The van der Waals surface area contributed by atoms with Gasteiger partial charge in [0.25, 0.3) is 0 Å². The molecule has 0 amide bonds. The number of fused-ring (bicyclic) bond motifs is 1. The molecule has 100 valence electrons. The molecule has 0 N–H and O–H groups in total. The number of benzene rings is 1. The Morgan fingerprint density at radius 1 is 1.10 bits per heavy atom. The molecule has 0 spiro atoms. The Morgan fingerprint density at radius 2 is 1.95 bits per heavy atom. The first-order chi connectivity index (χ1) is 9.65. The predicted molar refractivity (Wildman–Crippen MR) is 84.6 cm³/mol. The number of hydrogen-bond acceptors (Lipinski definition) is 3. The maximum Gasteiger partial charge on any atom is 0.132 e. The molecule has 0 atom stereocenters. The van der Waals surface area contributed by atoms with E-state index in [0.29, 0.717) is 5.92 Å². The summed E-state index contributed by atoms with van der Waals surface area (Å²) in [4.78, 5) is 13.3. The molecule has 3 aromatic rings. The van der Waals surface area contributed by atoms with Crippen molar-refractivity contribution in [3.8, 4) is 11.3 Å². The van der Waals surface area contributed by atoms with E-state index < -0.39 is 0 Å². The smallest absolute Gasteiger partial charge is 0.132 e. The number of nitrogens with zero attached hydrogens (tertiary/aromatic N) is 3. The summed E-state index contributed by atoms with van der Waals surface area (Å²) in [7, 11) is 0. The number of rotatable bonds is 2. The normalized spacial score (nSPS) is 11.2. The van der Waals surface area contributed by atoms with E-state index in [4.69, 9.17) is 4.98 Å². The van der Waals surface area contributed by atoms with Gasteiger partial charge in [0.05, 0.1) is 5.69 Å². The fourth-order valence-corrected chi connectivity index (χ4v) is 2.58. The van der Waals surface area contributed by atoms with Crippen LogP contribution in [-0.4, -0.2) is 15.0 Å². The second-order valence-corrected chi connectivity index (χ2v) is 5.80. The van der Waals surface area contributed by atoms with E-state index in [-0.39, 0.29) is 0 Å².